The van der Waals surface area contributed by atoms with E-state index in [1.54, 1.807) is 13.8 Å². The second-order valence-corrected chi connectivity index (χ2v) is 8.39. The first-order valence-corrected chi connectivity index (χ1v) is 9.71. The molecule has 0 radical (unpaired) electrons. The van der Waals surface area contributed by atoms with Crippen LogP contribution in [0, 0.1) is 5.92 Å². The van der Waals surface area contributed by atoms with Crippen LogP contribution in [0.5, 0.6) is 0 Å². The Hall–Kier alpha value is -0.700. The maximum Gasteiger partial charge on any atom is 0.240 e. The van der Waals surface area contributed by atoms with Gasteiger partial charge in [-0.3, -0.25) is 4.79 Å². The molecule has 0 heterocycles. The lowest BCUT2D eigenvalue weighted by molar-refractivity contribution is -0.126. The quantitative estimate of drug-likeness (QED) is 0.605. The van der Waals surface area contributed by atoms with Gasteiger partial charge in [0.05, 0.1) is 0 Å². The normalized spacial score (nSPS) is 17.4. The van der Waals surface area contributed by atoms with E-state index in [-0.39, 0.29) is 11.7 Å². The van der Waals surface area contributed by atoms with Gasteiger partial charge in [-0.25, -0.2) is 13.1 Å². The molecule has 0 aromatic carbocycles. The van der Waals surface area contributed by atoms with Crippen LogP contribution in [-0.2, 0) is 24.3 Å². The molecule has 2 N–H and O–H groups in total. The summed E-state index contributed by atoms with van der Waals surface area (Å²) in [5.41, 5.74) is -1.22. The Morgan fingerprint density at radius 1 is 1.17 bits per heavy atom. The fourth-order valence-corrected chi connectivity index (χ4v) is 4.32. The molecule has 7 nitrogen and oxygen atoms in total. The summed E-state index contributed by atoms with van der Waals surface area (Å²) in [6, 6.07) is 0. The van der Waals surface area contributed by atoms with Gasteiger partial charge in [-0.05, 0) is 32.6 Å². The maximum absolute atomic E-state index is 12.3. The average Bonchev–Trinajstić information content (AvgIpc) is 2.50. The first kappa shape index (κ1) is 20.3. The van der Waals surface area contributed by atoms with Crippen molar-refractivity contribution in [1.82, 2.24) is 10.0 Å². The maximum atomic E-state index is 12.3. The second-order valence-electron chi connectivity index (χ2n) is 6.62. The minimum absolute atomic E-state index is 0.321. The van der Waals surface area contributed by atoms with Crippen LogP contribution in [0.3, 0.4) is 0 Å². The number of nitrogens with one attached hydrogen (secondary N) is 2. The number of hydrogen-bond acceptors (Lipinski definition) is 5. The van der Waals surface area contributed by atoms with Crippen molar-refractivity contribution in [1.29, 1.82) is 0 Å². The largest absolute Gasteiger partial charge is 0.355 e. The summed E-state index contributed by atoms with van der Waals surface area (Å²) in [4.78, 5) is 12.3. The van der Waals surface area contributed by atoms with Crippen molar-refractivity contribution >= 4 is 15.9 Å². The summed E-state index contributed by atoms with van der Waals surface area (Å²) in [5.74, 6) is -0.191. The van der Waals surface area contributed by atoms with Crippen molar-refractivity contribution in [2.75, 3.05) is 26.5 Å². The number of rotatable bonds is 9. The smallest absolute Gasteiger partial charge is 0.240 e. The van der Waals surface area contributed by atoms with Gasteiger partial charge in [0.25, 0.3) is 0 Å². The highest BCUT2D eigenvalue weighted by molar-refractivity contribution is 7.89. The van der Waals surface area contributed by atoms with Crippen LogP contribution in [0.1, 0.15) is 46.0 Å². The number of amides is 1. The first-order chi connectivity index (χ1) is 10.7. The SMILES string of the molecule is COC(CS(=O)(=O)NC(C)(C)C(=O)NCC1CCCCC1)OC. The highest BCUT2D eigenvalue weighted by atomic mass is 32.2. The van der Waals surface area contributed by atoms with Crippen molar-refractivity contribution in [3.8, 4) is 0 Å². The summed E-state index contributed by atoms with van der Waals surface area (Å²) in [7, 11) is -0.978. The number of methoxy groups -OCH3 is 2. The van der Waals surface area contributed by atoms with Crippen molar-refractivity contribution in [2.45, 2.75) is 57.8 Å². The molecule has 1 aliphatic rings. The molecule has 1 saturated carbocycles. The third kappa shape index (κ3) is 7.15. The van der Waals surface area contributed by atoms with E-state index in [1.165, 1.54) is 33.5 Å². The molecule has 8 heteroatoms. The molecule has 1 aliphatic carbocycles. The van der Waals surface area contributed by atoms with Crippen molar-refractivity contribution in [2.24, 2.45) is 5.92 Å². The molecular weight excluding hydrogens is 320 g/mol. The van der Waals surface area contributed by atoms with Gasteiger partial charge >= 0.3 is 0 Å². The van der Waals surface area contributed by atoms with Crippen molar-refractivity contribution in [3.63, 3.8) is 0 Å². The van der Waals surface area contributed by atoms with Gasteiger partial charge in [-0.2, -0.15) is 0 Å². The van der Waals surface area contributed by atoms with Crippen LogP contribution in [0.4, 0.5) is 0 Å². The molecule has 0 bridgehead atoms. The van der Waals surface area contributed by atoms with Crippen molar-refractivity contribution in [3.05, 3.63) is 0 Å². The predicted octanol–water partition coefficient (Wildman–Crippen LogP) is 1.000. The van der Waals surface area contributed by atoms with E-state index in [0.29, 0.717) is 12.5 Å². The van der Waals surface area contributed by atoms with Gasteiger partial charge in [0, 0.05) is 20.8 Å². The fraction of sp³-hybridized carbons (Fsp3) is 0.933. The molecule has 0 aliphatic heterocycles. The van der Waals surface area contributed by atoms with Gasteiger partial charge in [0.1, 0.15) is 11.3 Å². The van der Waals surface area contributed by atoms with E-state index in [0.717, 1.165) is 12.8 Å². The number of sulfonamides is 1. The molecule has 1 amide bonds. The summed E-state index contributed by atoms with van der Waals surface area (Å²) >= 11 is 0. The summed E-state index contributed by atoms with van der Waals surface area (Å²) in [6.07, 6.45) is 5.04. The molecule has 1 rings (SSSR count). The molecule has 0 unspecified atom stereocenters. The Morgan fingerprint density at radius 2 is 1.74 bits per heavy atom. The topological polar surface area (TPSA) is 93.7 Å². The Labute approximate surface area is 139 Å². The van der Waals surface area contributed by atoms with E-state index in [2.05, 4.69) is 10.0 Å². The monoisotopic (exact) mass is 350 g/mol. The number of carbonyl (C=O) groups excluding carboxylic acids is 1. The van der Waals surface area contributed by atoms with Crippen LogP contribution >= 0.6 is 0 Å². The highest BCUT2D eigenvalue weighted by Gasteiger charge is 2.34. The minimum atomic E-state index is -3.71. The van der Waals surface area contributed by atoms with Crippen molar-refractivity contribution < 1.29 is 22.7 Å². The minimum Gasteiger partial charge on any atom is -0.355 e. The van der Waals surface area contributed by atoms with Gasteiger partial charge in [0.2, 0.25) is 15.9 Å². The summed E-state index contributed by atoms with van der Waals surface area (Å²) < 4.78 is 36.5. The number of carbonyl (C=O) groups is 1. The molecule has 0 atom stereocenters. The van der Waals surface area contributed by atoms with Crippen LogP contribution in [0.2, 0.25) is 0 Å². The molecule has 136 valence electrons. The van der Waals surface area contributed by atoms with Gasteiger partial charge in [0.15, 0.2) is 6.29 Å². The third-order valence-electron chi connectivity index (χ3n) is 4.14. The second kappa shape index (κ2) is 8.96. The van der Waals surface area contributed by atoms with E-state index >= 15 is 0 Å². The average molecular weight is 350 g/mol. The third-order valence-corrected chi connectivity index (χ3v) is 5.67. The lowest BCUT2D eigenvalue weighted by atomic mass is 9.89. The van der Waals surface area contributed by atoms with E-state index in [4.69, 9.17) is 9.47 Å². The van der Waals surface area contributed by atoms with E-state index in [9.17, 15) is 13.2 Å². The van der Waals surface area contributed by atoms with Crippen LogP contribution < -0.4 is 10.0 Å². The van der Waals surface area contributed by atoms with Crippen LogP contribution in [0.25, 0.3) is 0 Å². The molecule has 0 saturated heterocycles. The Bertz CT molecular complexity index is 468. The fourth-order valence-electron chi connectivity index (χ4n) is 2.74. The Kier molecular flexibility index (Phi) is 7.93. The lowest BCUT2D eigenvalue weighted by Gasteiger charge is -2.28. The zero-order valence-corrected chi connectivity index (χ0v) is 15.4. The van der Waals surface area contributed by atoms with Gasteiger partial charge in [-0.15, -0.1) is 0 Å². The number of hydrogen-bond donors (Lipinski definition) is 2. The molecule has 0 aromatic heterocycles. The standard InChI is InChI=1S/C15H30N2O5S/c1-15(2,17-23(19,20)11-13(21-3)22-4)14(18)16-10-12-8-6-5-7-9-12/h12-13,17H,5-11H2,1-4H3,(H,16,18). The summed E-state index contributed by atoms with van der Waals surface area (Å²) in [6.45, 7) is 3.70. The van der Waals surface area contributed by atoms with Gasteiger partial charge < -0.3 is 14.8 Å². The summed E-state index contributed by atoms with van der Waals surface area (Å²) in [5, 5.41) is 2.87. The molecule has 0 spiro atoms. The van der Waals surface area contributed by atoms with Crippen LogP contribution in [-0.4, -0.2) is 52.7 Å². The molecule has 0 aromatic rings. The highest BCUT2D eigenvalue weighted by Crippen LogP contribution is 2.22. The molecule has 1 fully saturated rings. The Balaban J connectivity index is 2.53. The predicted molar refractivity (Wildman–Crippen MR) is 88.4 cm³/mol. The Morgan fingerprint density at radius 3 is 2.26 bits per heavy atom. The number of ether oxygens (including phenoxy) is 2. The van der Waals surface area contributed by atoms with E-state index in [1.807, 2.05) is 0 Å². The van der Waals surface area contributed by atoms with Crippen LogP contribution in [0.15, 0.2) is 0 Å². The zero-order valence-electron chi connectivity index (χ0n) is 14.6. The molecular formula is C15H30N2O5S. The first-order valence-electron chi connectivity index (χ1n) is 8.05. The zero-order chi connectivity index (χ0) is 17.5. The van der Waals surface area contributed by atoms with E-state index < -0.39 is 21.9 Å². The van der Waals surface area contributed by atoms with Gasteiger partial charge in [-0.1, -0.05) is 19.3 Å². The lowest BCUT2D eigenvalue weighted by Crippen LogP contribution is -2.56. The molecule has 23 heavy (non-hydrogen) atoms.